The first-order valence-electron chi connectivity index (χ1n) is 31.8. The molecule has 34 nitrogen and oxygen atoms in total. The second kappa shape index (κ2) is 42.3. The molecule has 540 valence electrons. The highest BCUT2D eigenvalue weighted by Crippen LogP contribution is 2.24. The van der Waals surface area contributed by atoms with Gasteiger partial charge in [0, 0.05) is 142 Å². The summed E-state index contributed by atoms with van der Waals surface area (Å²) in [6, 6.07) is 13.8. The van der Waals surface area contributed by atoms with Crippen molar-refractivity contribution >= 4 is 84.5 Å². The Labute approximate surface area is 567 Å². The van der Waals surface area contributed by atoms with Crippen LogP contribution >= 0.6 is 0 Å². The van der Waals surface area contributed by atoms with Gasteiger partial charge in [0.2, 0.25) is 31.9 Å². The standard InChI is InChI=1S/C37H46N8O9S2.C25H44N6O11/c1-2-20-53-22-23-54-21-4-16-43-55(49,50)31-10-5-27(6-11-31)28-7-12-32(13-8-28)56(51,52)44-33(36(47)48)26-41-35(46)29-9-14-34-30(24-29)25-42-45(34)19-3-15-38-37-39-17-18-40-37;1-42-14-2-5-26-20(32)4-3-19(25(40)41)27-21(33)15-28-6-8-29(16-22(34)35)10-12-31(18-24(38)39)13-11-30(9-7-28)17-23(36)37/h5-14,17-18,24-25,33,43-44H,2-4,15-16,19-23,26H2,1H3,(H,41,46)(H,47,48)(H2,38,39,40);19H,2-18H2,1H3,(H,26,32)(H,27,33)(H,34,35)(H,36,37)(H,38,39)(H,40,41)/t33-;19-/m00/s1. The van der Waals surface area contributed by atoms with Gasteiger partial charge in [-0.05, 0) is 85.7 Å². The van der Waals surface area contributed by atoms with Crippen molar-refractivity contribution in [1.29, 1.82) is 0 Å². The van der Waals surface area contributed by atoms with Crippen molar-refractivity contribution in [3.05, 3.63) is 90.9 Å². The number of aliphatic carboxylic acids is 5. The van der Waals surface area contributed by atoms with Gasteiger partial charge in [-0.1, -0.05) is 31.2 Å². The van der Waals surface area contributed by atoms with Crippen LogP contribution in [0.5, 0.6) is 0 Å². The van der Waals surface area contributed by atoms with Gasteiger partial charge in [-0.15, -0.1) is 0 Å². The van der Waals surface area contributed by atoms with Crippen LogP contribution in [-0.4, -0.2) is 286 Å². The van der Waals surface area contributed by atoms with Gasteiger partial charge in [0.05, 0.1) is 60.9 Å². The fraction of sp³-hybridized carbons (Fsp3) is 0.516. The number of methoxy groups -OCH3 is 1. The maximum Gasteiger partial charge on any atom is 0.326 e. The second-order valence-corrected chi connectivity index (χ2v) is 26.1. The lowest BCUT2D eigenvalue weighted by Crippen LogP contribution is -2.51. The van der Waals surface area contributed by atoms with E-state index in [0.717, 1.165) is 18.4 Å². The third kappa shape index (κ3) is 29.7. The molecule has 0 saturated carbocycles. The number of imidazole rings is 1. The number of rotatable bonds is 41. The van der Waals surface area contributed by atoms with E-state index in [9.17, 15) is 80.7 Å². The maximum atomic E-state index is 13.2. The van der Waals surface area contributed by atoms with E-state index in [2.05, 4.69) is 45.8 Å². The lowest BCUT2D eigenvalue weighted by Gasteiger charge is -2.33. The van der Waals surface area contributed by atoms with Crippen LogP contribution in [0.2, 0.25) is 0 Å². The van der Waals surface area contributed by atoms with Gasteiger partial charge in [-0.3, -0.25) is 57.8 Å². The number of aromatic amines is 1. The smallest absolute Gasteiger partial charge is 0.326 e. The van der Waals surface area contributed by atoms with Crippen LogP contribution in [0.3, 0.4) is 0 Å². The van der Waals surface area contributed by atoms with E-state index in [-0.39, 0.29) is 119 Å². The van der Waals surface area contributed by atoms with Gasteiger partial charge in [0.1, 0.15) is 12.1 Å². The van der Waals surface area contributed by atoms with E-state index >= 15 is 0 Å². The van der Waals surface area contributed by atoms with Crippen molar-refractivity contribution in [1.82, 2.24) is 64.7 Å². The Bertz CT molecular complexity index is 3540. The first-order chi connectivity index (χ1) is 46.9. The van der Waals surface area contributed by atoms with Crippen molar-refractivity contribution < 1.29 is 94.9 Å². The zero-order valence-electron chi connectivity index (χ0n) is 54.8. The molecule has 0 unspecified atom stereocenters. The fourth-order valence-electron chi connectivity index (χ4n) is 9.81. The van der Waals surface area contributed by atoms with Crippen molar-refractivity contribution in [2.45, 2.75) is 73.9 Å². The van der Waals surface area contributed by atoms with Crippen molar-refractivity contribution in [2.24, 2.45) is 0 Å². The topological polar surface area (TPSA) is 465 Å². The molecular weight excluding hydrogens is 1320 g/mol. The molecule has 3 amide bonds. The number of carbonyl (C=O) groups is 8. The zero-order valence-corrected chi connectivity index (χ0v) is 56.5. The fourth-order valence-corrected chi connectivity index (χ4v) is 12.1. The van der Waals surface area contributed by atoms with Crippen molar-refractivity contribution in [3.8, 4) is 11.1 Å². The summed E-state index contributed by atoms with van der Waals surface area (Å²) in [7, 11) is -6.53. The quantitative estimate of drug-likeness (QED) is 0.0232. The van der Waals surface area contributed by atoms with E-state index in [1.807, 2.05) is 11.6 Å². The lowest BCUT2D eigenvalue weighted by atomic mass is 10.1. The molecule has 0 bridgehead atoms. The molecule has 5 aromatic rings. The Balaban J connectivity index is 0.000000370. The lowest BCUT2D eigenvalue weighted by molar-refractivity contribution is -0.142. The number of carbonyl (C=O) groups excluding carboxylic acids is 3. The Kier molecular flexibility index (Phi) is 34.6. The maximum absolute atomic E-state index is 13.2. The highest BCUT2D eigenvalue weighted by Gasteiger charge is 2.28. The number of amides is 3. The Morgan fingerprint density at radius 2 is 1.14 bits per heavy atom. The van der Waals surface area contributed by atoms with Gasteiger partial charge < -0.3 is 66.0 Å². The summed E-state index contributed by atoms with van der Waals surface area (Å²) >= 11 is 0. The number of H-pyrrole nitrogens is 1. The molecule has 1 saturated heterocycles. The van der Waals surface area contributed by atoms with E-state index in [1.54, 1.807) is 68.5 Å². The van der Waals surface area contributed by atoms with Crippen molar-refractivity contribution in [2.75, 3.05) is 150 Å². The van der Waals surface area contributed by atoms with E-state index in [0.29, 0.717) is 88.0 Å². The number of carboxylic acid groups (broad SMARTS) is 5. The summed E-state index contributed by atoms with van der Waals surface area (Å²) in [5, 5.41) is 63.1. The minimum atomic E-state index is -4.32. The number of hydrogen-bond acceptors (Lipinski definition) is 22. The molecule has 98 heavy (non-hydrogen) atoms. The normalized spacial score (nSPS) is 14.6. The summed E-state index contributed by atoms with van der Waals surface area (Å²) in [5.74, 6) is -6.85. The summed E-state index contributed by atoms with van der Waals surface area (Å²) in [4.78, 5) is 109. The minimum absolute atomic E-state index is 0.0728. The SMILES string of the molecule is CCCOCCOCCCNS(=O)(=O)c1ccc(-c2ccc(S(=O)(=O)N[C@@H](CNC(=O)c3ccc4c(cnn4CCCNc4ncc[nH]4)c3)C(=O)O)cc2)cc1.COCCCNC(=O)CC[C@H](NC(=O)CN1CCN(CC(=O)O)CCN(CC(=O)O)CCN(CC(=O)O)CC1)C(=O)O. The molecule has 0 radical (unpaired) electrons. The molecule has 12 N–H and O–H groups in total. The summed E-state index contributed by atoms with van der Waals surface area (Å²) in [6.07, 6.45) is 7.59. The largest absolute Gasteiger partial charge is 0.480 e. The molecule has 6 rings (SSSR count). The number of carboxylic acids is 5. The monoisotopic (exact) mass is 1410 g/mol. The van der Waals surface area contributed by atoms with Gasteiger partial charge in [0.25, 0.3) is 5.91 Å². The summed E-state index contributed by atoms with van der Waals surface area (Å²) in [6.45, 7) is 6.51. The Morgan fingerprint density at radius 1 is 0.602 bits per heavy atom. The van der Waals surface area contributed by atoms with Crippen LogP contribution in [-0.2, 0) is 74.4 Å². The van der Waals surface area contributed by atoms with Gasteiger partial charge >= 0.3 is 29.8 Å². The molecule has 36 heteroatoms. The van der Waals surface area contributed by atoms with Gasteiger partial charge in [-0.2, -0.15) is 9.82 Å². The molecule has 3 heterocycles. The number of nitrogens with zero attached hydrogens (tertiary/aromatic N) is 7. The average molecular weight is 1420 g/mol. The second-order valence-electron chi connectivity index (χ2n) is 22.6. The molecule has 2 atom stereocenters. The van der Waals surface area contributed by atoms with Gasteiger partial charge in [-0.25, -0.2) is 31.3 Å². The van der Waals surface area contributed by atoms with Crippen LogP contribution < -0.4 is 30.7 Å². The molecule has 3 aromatic carbocycles. The average Bonchev–Trinajstić information content (AvgIpc) is 1.52. The van der Waals surface area contributed by atoms with Crippen LogP contribution in [0.25, 0.3) is 22.0 Å². The number of benzene rings is 3. The Hall–Kier alpha value is -8.56. The van der Waals surface area contributed by atoms with Crippen LogP contribution in [0.4, 0.5) is 5.95 Å². The van der Waals surface area contributed by atoms with Gasteiger partial charge in [0.15, 0.2) is 5.95 Å². The number of hydrogen-bond donors (Lipinski definition) is 12. The summed E-state index contributed by atoms with van der Waals surface area (Å²) < 4.78 is 74.0. The van der Waals surface area contributed by atoms with Crippen LogP contribution in [0.15, 0.2) is 95.1 Å². The third-order valence-corrected chi connectivity index (χ3v) is 17.9. The number of anilines is 1. The molecule has 2 aromatic heterocycles. The first kappa shape index (κ1) is 80.1. The number of ether oxygens (including phenoxy) is 3. The molecule has 0 aliphatic carbocycles. The predicted octanol–water partition coefficient (Wildman–Crippen LogP) is 0.166. The predicted molar refractivity (Wildman–Crippen MR) is 356 cm³/mol. The zero-order chi connectivity index (χ0) is 71.5. The number of aromatic nitrogens is 4. The van der Waals surface area contributed by atoms with Crippen LogP contribution in [0, 0.1) is 0 Å². The molecule has 1 fully saturated rings. The first-order valence-corrected chi connectivity index (χ1v) is 34.7. The molecular formula is C62H90N14O20S2. The van der Waals surface area contributed by atoms with E-state index < -0.39 is 80.3 Å². The summed E-state index contributed by atoms with van der Waals surface area (Å²) in [5.41, 5.74) is 2.31. The van der Waals surface area contributed by atoms with E-state index in [4.69, 9.17) is 14.2 Å². The number of fused-ring (bicyclic) bond motifs is 1. The number of nitrogens with one attached hydrogen (secondary N) is 7. The number of aryl methyl sites for hydroxylation is 1. The molecule has 1 aliphatic rings. The highest BCUT2D eigenvalue weighted by molar-refractivity contribution is 7.89. The Morgan fingerprint density at radius 3 is 1.66 bits per heavy atom. The molecule has 0 spiro atoms. The van der Waals surface area contributed by atoms with E-state index in [1.165, 1.54) is 43.5 Å². The highest BCUT2D eigenvalue weighted by atomic mass is 32.2. The molecule has 1 aliphatic heterocycles. The third-order valence-electron chi connectivity index (χ3n) is 15.0. The number of sulfonamides is 2. The van der Waals surface area contributed by atoms with Crippen LogP contribution in [0.1, 0.15) is 55.8 Å². The minimum Gasteiger partial charge on any atom is -0.480 e. The van der Waals surface area contributed by atoms with Crippen molar-refractivity contribution in [3.63, 3.8) is 0 Å².